The molecule has 0 aliphatic carbocycles. The molecule has 0 saturated carbocycles. The van der Waals surface area contributed by atoms with Crippen molar-refractivity contribution in [1.82, 2.24) is 5.32 Å². The van der Waals surface area contributed by atoms with Gasteiger partial charge in [0.2, 0.25) is 5.91 Å². The quantitative estimate of drug-likeness (QED) is 0.877. The standard InChI is InChI=1S/C11H13NO3S2/c1-6(11(14)15)12-10(13)9-7-2-4-16-8(7)3-5-17-9/h2,4,6,9H,3,5H2,1H3,(H,12,13)(H,14,15)/t6-,9?/m0/s1. The molecule has 0 radical (unpaired) electrons. The zero-order valence-electron chi connectivity index (χ0n) is 9.30. The van der Waals surface area contributed by atoms with E-state index in [0.29, 0.717) is 0 Å². The first kappa shape index (κ1) is 12.4. The number of thiophene rings is 1. The molecule has 2 atom stereocenters. The van der Waals surface area contributed by atoms with Gasteiger partial charge in [-0.1, -0.05) is 0 Å². The van der Waals surface area contributed by atoms with Crippen molar-refractivity contribution in [1.29, 1.82) is 0 Å². The molecular formula is C11H13NO3S2. The van der Waals surface area contributed by atoms with Crippen molar-refractivity contribution in [3.63, 3.8) is 0 Å². The summed E-state index contributed by atoms with van der Waals surface area (Å²) < 4.78 is 0. The summed E-state index contributed by atoms with van der Waals surface area (Å²) in [7, 11) is 0. The van der Waals surface area contributed by atoms with E-state index in [2.05, 4.69) is 5.32 Å². The van der Waals surface area contributed by atoms with Gasteiger partial charge in [-0.2, -0.15) is 0 Å². The Kier molecular flexibility index (Phi) is 3.73. The summed E-state index contributed by atoms with van der Waals surface area (Å²) in [5, 5.41) is 13.0. The number of aryl methyl sites for hydroxylation is 1. The summed E-state index contributed by atoms with van der Waals surface area (Å²) in [5.74, 6) is -0.304. The lowest BCUT2D eigenvalue weighted by atomic mass is 10.1. The molecule has 0 spiro atoms. The van der Waals surface area contributed by atoms with Crippen LogP contribution in [0.5, 0.6) is 0 Å². The molecule has 1 amide bonds. The molecule has 2 rings (SSSR count). The maximum atomic E-state index is 12.0. The molecule has 6 heteroatoms. The first-order valence-electron chi connectivity index (χ1n) is 5.30. The summed E-state index contributed by atoms with van der Waals surface area (Å²) >= 11 is 3.24. The number of aliphatic carboxylic acids is 1. The second-order valence-electron chi connectivity index (χ2n) is 3.87. The van der Waals surface area contributed by atoms with E-state index in [4.69, 9.17) is 5.11 Å². The monoisotopic (exact) mass is 271 g/mol. The Morgan fingerprint density at radius 3 is 3.06 bits per heavy atom. The van der Waals surface area contributed by atoms with Gasteiger partial charge in [-0.15, -0.1) is 23.1 Å². The topological polar surface area (TPSA) is 66.4 Å². The number of carbonyl (C=O) groups is 2. The van der Waals surface area contributed by atoms with Gasteiger partial charge in [-0.25, -0.2) is 0 Å². The minimum absolute atomic E-state index is 0.204. The highest BCUT2D eigenvalue weighted by atomic mass is 32.2. The number of carbonyl (C=O) groups excluding carboxylic acids is 1. The number of carboxylic acid groups (broad SMARTS) is 1. The van der Waals surface area contributed by atoms with E-state index in [-0.39, 0.29) is 11.2 Å². The number of hydrogen-bond acceptors (Lipinski definition) is 4. The van der Waals surface area contributed by atoms with Gasteiger partial charge >= 0.3 is 5.97 Å². The second-order valence-corrected chi connectivity index (χ2v) is 6.08. The first-order valence-corrected chi connectivity index (χ1v) is 7.23. The third kappa shape index (κ3) is 2.63. The van der Waals surface area contributed by atoms with Crippen molar-refractivity contribution in [2.75, 3.05) is 5.75 Å². The van der Waals surface area contributed by atoms with E-state index in [1.807, 2.05) is 11.4 Å². The van der Waals surface area contributed by atoms with Crippen molar-refractivity contribution in [2.45, 2.75) is 24.6 Å². The summed E-state index contributed by atoms with van der Waals surface area (Å²) in [4.78, 5) is 23.9. The molecule has 1 aromatic rings. The van der Waals surface area contributed by atoms with Crippen LogP contribution >= 0.6 is 23.1 Å². The normalized spacial score (nSPS) is 20.4. The van der Waals surface area contributed by atoms with Gasteiger partial charge in [0.1, 0.15) is 11.3 Å². The average Bonchev–Trinajstić information content (AvgIpc) is 2.76. The first-order chi connectivity index (χ1) is 8.09. The summed E-state index contributed by atoms with van der Waals surface area (Å²) in [6.45, 7) is 1.47. The molecule has 4 nitrogen and oxygen atoms in total. The van der Waals surface area contributed by atoms with Crippen molar-refractivity contribution < 1.29 is 14.7 Å². The molecule has 1 aliphatic rings. The smallest absolute Gasteiger partial charge is 0.325 e. The molecule has 0 fully saturated rings. The Labute approximate surface area is 107 Å². The van der Waals surface area contributed by atoms with Crippen LogP contribution in [0.1, 0.15) is 22.6 Å². The van der Waals surface area contributed by atoms with Crippen molar-refractivity contribution in [2.24, 2.45) is 0 Å². The van der Waals surface area contributed by atoms with Crippen LogP contribution in [0.3, 0.4) is 0 Å². The maximum absolute atomic E-state index is 12.0. The number of rotatable bonds is 3. The highest BCUT2D eigenvalue weighted by Gasteiger charge is 2.29. The van der Waals surface area contributed by atoms with Crippen LogP contribution in [0.25, 0.3) is 0 Å². The largest absolute Gasteiger partial charge is 0.480 e. The SMILES string of the molecule is C[C@H](NC(=O)C1SCCc2sccc21)C(=O)O. The molecule has 92 valence electrons. The van der Waals surface area contributed by atoms with Crippen LogP contribution in [0, 0.1) is 0 Å². The van der Waals surface area contributed by atoms with Crippen LogP contribution in [0.15, 0.2) is 11.4 Å². The molecule has 1 aromatic heterocycles. The summed E-state index contributed by atoms with van der Waals surface area (Å²) in [6, 6.07) is 1.12. The highest BCUT2D eigenvalue weighted by Crippen LogP contribution is 2.39. The van der Waals surface area contributed by atoms with E-state index in [1.54, 1.807) is 23.1 Å². The molecule has 0 bridgehead atoms. The summed E-state index contributed by atoms with van der Waals surface area (Å²) in [6.07, 6.45) is 0.996. The van der Waals surface area contributed by atoms with Crippen molar-refractivity contribution >= 4 is 35.0 Å². The number of amides is 1. The molecular weight excluding hydrogens is 258 g/mol. The fraction of sp³-hybridized carbons (Fsp3) is 0.455. The van der Waals surface area contributed by atoms with E-state index in [0.717, 1.165) is 17.7 Å². The van der Waals surface area contributed by atoms with E-state index < -0.39 is 12.0 Å². The van der Waals surface area contributed by atoms with Gasteiger partial charge in [0.05, 0.1) is 0 Å². The number of fused-ring (bicyclic) bond motifs is 1. The number of hydrogen-bond donors (Lipinski definition) is 2. The number of thioether (sulfide) groups is 1. The fourth-order valence-electron chi connectivity index (χ4n) is 1.71. The molecule has 0 saturated heterocycles. The van der Waals surface area contributed by atoms with Gasteiger partial charge in [0, 0.05) is 4.88 Å². The van der Waals surface area contributed by atoms with Crippen LogP contribution < -0.4 is 5.32 Å². The van der Waals surface area contributed by atoms with Crippen LogP contribution in [0.2, 0.25) is 0 Å². The molecule has 17 heavy (non-hydrogen) atoms. The van der Waals surface area contributed by atoms with Gasteiger partial charge in [0.25, 0.3) is 0 Å². The Morgan fingerprint density at radius 1 is 1.59 bits per heavy atom. The highest BCUT2D eigenvalue weighted by molar-refractivity contribution is 8.00. The fourth-order valence-corrected chi connectivity index (χ4v) is 4.02. The lowest BCUT2D eigenvalue weighted by Gasteiger charge is -2.22. The molecule has 0 aromatic carbocycles. The predicted molar refractivity (Wildman–Crippen MR) is 68.5 cm³/mol. The third-order valence-electron chi connectivity index (χ3n) is 2.64. The zero-order chi connectivity index (χ0) is 12.4. The minimum atomic E-state index is -1.01. The average molecular weight is 271 g/mol. The number of carboxylic acids is 1. The van der Waals surface area contributed by atoms with Gasteiger partial charge in [-0.3, -0.25) is 9.59 Å². The Balaban J connectivity index is 2.09. The van der Waals surface area contributed by atoms with Crippen LogP contribution in [0.4, 0.5) is 0 Å². The van der Waals surface area contributed by atoms with Crippen molar-refractivity contribution in [3.05, 3.63) is 21.9 Å². The van der Waals surface area contributed by atoms with Crippen LogP contribution in [-0.2, 0) is 16.0 Å². The van der Waals surface area contributed by atoms with Gasteiger partial charge in [-0.05, 0) is 36.1 Å². The molecule has 1 aliphatic heterocycles. The van der Waals surface area contributed by atoms with E-state index in [1.165, 1.54) is 11.8 Å². The van der Waals surface area contributed by atoms with E-state index >= 15 is 0 Å². The lowest BCUT2D eigenvalue weighted by Crippen LogP contribution is -2.40. The lowest BCUT2D eigenvalue weighted by molar-refractivity contribution is -0.141. The Hall–Kier alpha value is -1.01. The Morgan fingerprint density at radius 2 is 2.35 bits per heavy atom. The minimum Gasteiger partial charge on any atom is -0.480 e. The van der Waals surface area contributed by atoms with Gasteiger partial charge in [0.15, 0.2) is 0 Å². The number of nitrogens with one attached hydrogen (secondary N) is 1. The Bertz CT molecular complexity index is 444. The predicted octanol–water partition coefficient (Wildman–Crippen LogP) is 1.67. The third-order valence-corrected chi connectivity index (χ3v) is 4.88. The second kappa shape index (κ2) is 5.10. The zero-order valence-corrected chi connectivity index (χ0v) is 10.9. The van der Waals surface area contributed by atoms with Gasteiger partial charge < -0.3 is 10.4 Å². The van der Waals surface area contributed by atoms with Crippen molar-refractivity contribution in [3.8, 4) is 0 Å². The maximum Gasteiger partial charge on any atom is 0.325 e. The molecule has 1 unspecified atom stereocenters. The summed E-state index contributed by atoms with van der Waals surface area (Å²) in [5.41, 5.74) is 1.04. The van der Waals surface area contributed by atoms with Crippen LogP contribution in [-0.4, -0.2) is 28.8 Å². The van der Waals surface area contributed by atoms with E-state index in [9.17, 15) is 9.59 Å². The molecule has 2 heterocycles. The molecule has 2 N–H and O–H groups in total.